The summed E-state index contributed by atoms with van der Waals surface area (Å²) in [5.74, 6) is 0.985. The zero-order chi connectivity index (χ0) is 16.1. The summed E-state index contributed by atoms with van der Waals surface area (Å²) in [4.78, 5) is 21.4. The fraction of sp³-hybridized carbons (Fsp3) is 0.500. The average molecular weight is 314 g/mol. The Bertz CT molecular complexity index is 615. The fourth-order valence-corrected chi connectivity index (χ4v) is 2.94. The van der Waals surface area contributed by atoms with Crippen LogP contribution in [0.2, 0.25) is 0 Å². The van der Waals surface area contributed by atoms with Gasteiger partial charge in [-0.2, -0.15) is 4.98 Å². The molecule has 0 spiro atoms. The predicted molar refractivity (Wildman–Crippen MR) is 87.3 cm³/mol. The van der Waals surface area contributed by atoms with Crippen LogP contribution in [0.25, 0.3) is 0 Å². The number of nitrogens with zero attached hydrogens (tertiary/aromatic N) is 6. The normalized spacial score (nSPS) is 16.3. The van der Waals surface area contributed by atoms with Gasteiger partial charge in [-0.1, -0.05) is 0 Å². The van der Waals surface area contributed by atoms with Gasteiger partial charge in [0.1, 0.15) is 12.1 Å². The highest BCUT2D eigenvalue weighted by molar-refractivity contribution is 5.36. The molecule has 0 aliphatic carbocycles. The summed E-state index contributed by atoms with van der Waals surface area (Å²) >= 11 is 0. The number of hydrogen-bond donors (Lipinski definition) is 0. The van der Waals surface area contributed by atoms with Crippen molar-refractivity contribution in [1.82, 2.24) is 24.8 Å². The molecule has 3 heterocycles. The van der Waals surface area contributed by atoms with Crippen LogP contribution in [0.1, 0.15) is 18.5 Å². The molecule has 1 aliphatic rings. The minimum atomic E-state index is 0.431. The lowest BCUT2D eigenvalue weighted by Crippen LogP contribution is -2.43. The molecule has 2 aromatic heterocycles. The number of aromatic nitrogens is 4. The molecule has 23 heavy (non-hydrogen) atoms. The molecule has 7 nitrogen and oxygen atoms in total. The third-order valence-corrected chi connectivity index (χ3v) is 4.29. The maximum absolute atomic E-state index is 5.08. The van der Waals surface area contributed by atoms with Gasteiger partial charge in [-0.3, -0.25) is 4.90 Å². The lowest BCUT2D eigenvalue weighted by molar-refractivity contribution is 0.200. The van der Waals surface area contributed by atoms with E-state index in [1.54, 1.807) is 25.8 Å². The molecule has 1 fully saturated rings. The summed E-state index contributed by atoms with van der Waals surface area (Å²) in [7, 11) is 3.70. The molecule has 0 N–H and O–H groups in total. The van der Waals surface area contributed by atoms with Crippen molar-refractivity contribution in [3.05, 3.63) is 36.5 Å². The van der Waals surface area contributed by atoms with Gasteiger partial charge >= 0.3 is 6.01 Å². The van der Waals surface area contributed by atoms with Gasteiger partial charge < -0.3 is 9.64 Å². The van der Waals surface area contributed by atoms with Crippen LogP contribution in [-0.4, -0.2) is 58.1 Å². The van der Waals surface area contributed by atoms with Crippen LogP contribution in [0.3, 0.4) is 0 Å². The van der Waals surface area contributed by atoms with E-state index in [0.717, 1.165) is 44.0 Å². The maximum Gasteiger partial charge on any atom is 0.316 e. The predicted octanol–water partition coefficient (Wildman–Crippen LogP) is 1.38. The first-order valence-corrected chi connectivity index (χ1v) is 7.83. The van der Waals surface area contributed by atoms with Gasteiger partial charge in [0.2, 0.25) is 0 Å². The maximum atomic E-state index is 5.08. The van der Waals surface area contributed by atoms with E-state index < -0.39 is 0 Å². The van der Waals surface area contributed by atoms with Crippen molar-refractivity contribution in [1.29, 1.82) is 0 Å². The first kappa shape index (κ1) is 15.6. The van der Waals surface area contributed by atoms with Crippen molar-refractivity contribution in [3.63, 3.8) is 0 Å². The largest absolute Gasteiger partial charge is 0.467 e. The van der Waals surface area contributed by atoms with Crippen molar-refractivity contribution in [2.24, 2.45) is 0 Å². The van der Waals surface area contributed by atoms with Crippen molar-refractivity contribution in [2.45, 2.75) is 25.4 Å². The highest BCUT2D eigenvalue weighted by atomic mass is 16.5. The fourth-order valence-electron chi connectivity index (χ4n) is 2.94. The Morgan fingerprint density at radius 1 is 1.22 bits per heavy atom. The molecule has 0 atom stereocenters. The van der Waals surface area contributed by atoms with Crippen LogP contribution in [0, 0.1) is 0 Å². The topological polar surface area (TPSA) is 67.3 Å². The monoisotopic (exact) mass is 314 g/mol. The second-order valence-electron chi connectivity index (χ2n) is 5.72. The van der Waals surface area contributed by atoms with E-state index in [2.05, 4.69) is 36.8 Å². The Morgan fingerprint density at radius 3 is 2.74 bits per heavy atom. The smallest absolute Gasteiger partial charge is 0.316 e. The first-order chi connectivity index (χ1) is 11.3. The Labute approximate surface area is 136 Å². The third kappa shape index (κ3) is 3.92. The van der Waals surface area contributed by atoms with Crippen molar-refractivity contribution in [2.75, 3.05) is 32.1 Å². The van der Waals surface area contributed by atoms with Gasteiger partial charge in [-0.25, -0.2) is 15.0 Å². The molecule has 0 unspecified atom stereocenters. The second kappa shape index (κ2) is 7.32. The van der Waals surface area contributed by atoms with Gasteiger partial charge in [0, 0.05) is 45.1 Å². The highest BCUT2D eigenvalue weighted by Crippen LogP contribution is 2.20. The molecule has 7 heteroatoms. The van der Waals surface area contributed by atoms with Gasteiger partial charge in [-0.15, -0.1) is 0 Å². The molecule has 0 amide bonds. The summed E-state index contributed by atoms with van der Waals surface area (Å²) in [6, 6.07) is 4.85. The van der Waals surface area contributed by atoms with Crippen LogP contribution in [0.15, 0.2) is 30.9 Å². The lowest BCUT2D eigenvalue weighted by Gasteiger charge is -2.37. The Morgan fingerprint density at radius 2 is 2.04 bits per heavy atom. The quantitative estimate of drug-likeness (QED) is 0.826. The number of rotatable bonds is 5. The van der Waals surface area contributed by atoms with Crippen LogP contribution in [-0.2, 0) is 6.54 Å². The second-order valence-corrected chi connectivity index (χ2v) is 5.72. The molecule has 2 aromatic rings. The highest BCUT2D eigenvalue weighted by Gasteiger charge is 2.23. The molecule has 122 valence electrons. The van der Waals surface area contributed by atoms with Gasteiger partial charge in [0.15, 0.2) is 0 Å². The standard InChI is InChI=1S/C16H22N6O/c1-21(15-4-7-17-12-19-15)14-5-9-22(10-6-14)11-13-3-8-18-16(20-13)23-2/h3-4,7-8,12,14H,5-6,9-11H2,1-2H3. The Kier molecular flexibility index (Phi) is 4.97. The van der Waals surface area contributed by atoms with E-state index in [9.17, 15) is 0 Å². The van der Waals surface area contributed by atoms with Crippen LogP contribution >= 0.6 is 0 Å². The zero-order valence-electron chi connectivity index (χ0n) is 13.6. The Balaban J connectivity index is 1.54. The van der Waals surface area contributed by atoms with E-state index >= 15 is 0 Å². The number of ether oxygens (including phenoxy) is 1. The molecule has 1 aliphatic heterocycles. The van der Waals surface area contributed by atoms with Crippen LogP contribution < -0.4 is 9.64 Å². The first-order valence-electron chi connectivity index (χ1n) is 7.83. The van der Waals surface area contributed by atoms with Crippen molar-refractivity contribution in [3.8, 4) is 6.01 Å². The summed E-state index contributed by atoms with van der Waals surface area (Å²) in [5, 5.41) is 0. The van der Waals surface area contributed by atoms with E-state index in [4.69, 9.17) is 4.74 Å². The summed E-state index contributed by atoms with van der Waals surface area (Å²) in [6.45, 7) is 2.93. The number of likely N-dealkylation sites (tertiary alicyclic amines) is 1. The zero-order valence-corrected chi connectivity index (χ0v) is 13.6. The molecule has 3 rings (SSSR count). The Hall–Kier alpha value is -2.28. The van der Waals surface area contributed by atoms with Gasteiger partial charge in [-0.05, 0) is 25.0 Å². The van der Waals surface area contributed by atoms with Gasteiger partial charge in [0.05, 0.1) is 12.8 Å². The van der Waals surface area contributed by atoms with E-state index in [-0.39, 0.29) is 0 Å². The average Bonchev–Trinajstić information content (AvgIpc) is 2.63. The van der Waals surface area contributed by atoms with Gasteiger partial charge in [0.25, 0.3) is 0 Å². The third-order valence-electron chi connectivity index (χ3n) is 4.29. The SMILES string of the molecule is COc1nccc(CN2CCC(N(C)c3ccncn3)CC2)n1. The number of methoxy groups -OCH3 is 1. The summed E-state index contributed by atoms with van der Waals surface area (Å²) in [6.07, 6.45) is 7.36. The number of anilines is 1. The molecule has 0 bridgehead atoms. The molecule has 0 aromatic carbocycles. The van der Waals surface area contributed by atoms with E-state index in [1.807, 2.05) is 12.1 Å². The van der Waals surface area contributed by atoms with E-state index in [0.29, 0.717) is 12.1 Å². The minimum absolute atomic E-state index is 0.431. The minimum Gasteiger partial charge on any atom is -0.467 e. The molecule has 0 radical (unpaired) electrons. The van der Waals surface area contributed by atoms with Crippen LogP contribution in [0.5, 0.6) is 6.01 Å². The molecular formula is C16H22N6O. The number of hydrogen-bond acceptors (Lipinski definition) is 7. The molecular weight excluding hydrogens is 292 g/mol. The summed E-state index contributed by atoms with van der Waals surface area (Å²) < 4.78 is 5.08. The molecule has 1 saturated heterocycles. The molecule has 0 saturated carbocycles. The van der Waals surface area contributed by atoms with Crippen molar-refractivity contribution < 1.29 is 4.74 Å². The summed E-state index contributed by atoms with van der Waals surface area (Å²) in [5.41, 5.74) is 0.999. The van der Waals surface area contributed by atoms with Crippen molar-refractivity contribution >= 4 is 5.82 Å². The van der Waals surface area contributed by atoms with Crippen LogP contribution in [0.4, 0.5) is 5.82 Å². The lowest BCUT2D eigenvalue weighted by atomic mass is 10.0. The number of piperidine rings is 1. The van der Waals surface area contributed by atoms with E-state index in [1.165, 1.54) is 0 Å².